The number of imide groups is 2. The van der Waals surface area contributed by atoms with Gasteiger partial charge in [-0.3, -0.25) is 24.3 Å². The number of hydrogen-bond donors (Lipinski definition) is 1. The van der Waals surface area contributed by atoms with E-state index in [4.69, 9.17) is 9.47 Å². The van der Waals surface area contributed by atoms with Crippen molar-refractivity contribution in [1.82, 2.24) is 9.88 Å². The number of fused-ring (bicyclic) bond motifs is 1. The van der Waals surface area contributed by atoms with Crippen molar-refractivity contribution in [2.24, 2.45) is 0 Å². The van der Waals surface area contributed by atoms with Gasteiger partial charge in [0.15, 0.2) is 0 Å². The van der Waals surface area contributed by atoms with E-state index in [9.17, 15) is 19.2 Å². The van der Waals surface area contributed by atoms with Gasteiger partial charge in [-0.2, -0.15) is 0 Å². The number of carbonyl (C=O) groups is 4. The molecule has 0 radical (unpaired) electrons. The Balaban J connectivity index is 1.85. The molecule has 3 aromatic rings. The van der Waals surface area contributed by atoms with E-state index < -0.39 is 17.8 Å². The molecule has 32 heavy (non-hydrogen) atoms. The molecule has 0 saturated carbocycles. The average molecular weight is 433 g/mol. The van der Waals surface area contributed by atoms with Crippen molar-refractivity contribution in [2.75, 3.05) is 19.1 Å². The van der Waals surface area contributed by atoms with Crippen LogP contribution in [0.25, 0.3) is 17.0 Å². The lowest BCUT2D eigenvalue weighted by Crippen LogP contribution is -2.54. The average Bonchev–Trinajstić information content (AvgIpc) is 3.15. The minimum absolute atomic E-state index is 0.124. The number of ether oxygens (including phenoxy) is 2. The summed E-state index contributed by atoms with van der Waals surface area (Å²) in [5.41, 5.74) is 0.985. The van der Waals surface area contributed by atoms with Gasteiger partial charge < -0.3 is 9.47 Å². The topological polar surface area (TPSA) is 107 Å². The zero-order valence-corrected chi connectivity index (χ0v) is 17.5. The highest BCUT2D eigenvalue weighted by atomic mass is 16.5. The van der Waals surface area contributed by atoms with E-state index in [1.165, 1.54) is 37.9 Å². The molecule has 0 spiro atoms. The Morgan fingerprint density at radius 3 is 2.47 bits per heavy atom. The lowest BCUT2D eigenvalue weighted by Gasteiger charge is -2.27. The Kier molecular flexibility index (Phi) is 5.23. The van der Waals surface area contributed by atoms with E-state index in [1.54, 1.807) is 42.6 Å². The normalized spacial score (nSPS) is 15.3. The molecule has 9 nitrogen and oxygen atoms in total. The van der Waals surface area contributed by atoms with E-state index in [0.717, 1.165) is 4.90 Å². The zero-order chi connectivity index (χ0) is 23.0. The molecular formula is C23H19N3O6. The van der Waals surface area contributed by atoms with Gasteiger partial charge in [-0.25, -0.2) is 9.69 Å². The maximum absolute atomic E-state index is 13.3. The van der Waals surface area contributed by atoms with E-state index in [2.05, 4.69) is 5.32 Å². The van der Waals surface area contributed by atoms with Crippen molar-refractivity contribution in [3.05, 3.63) is 59.8 Å². The maximum atomic E-state index is 13.3. The van der Waals surface area contributed by atoms with Crippen LogP contribution >= 0.6 is 0 Å². The highest BCUT2D eigenvalue weighted by Crippen LogP contribution is 2.35. The summed E-state index contributed by atoms with van der Waals surface area (Å²) in [7, 11) is 2.85. The molecule has 0 aliphatic carbocycles. The first-order chi connectivity index (χ1) is 15.3. The number of amides is 4. The Morgan fingerprint density at radius 1 is 1.03 bits per heavy atom. The van der Waals surface area contributed by atoms with Crippen LogP contribution in [0.1, 0.15) is 17.3 Å². The number of anilines is 1. The quantitative estimate of drug-likeness (QED) is 0.501. The minimum Gasteiger partial charge on any atom is -0.497 e. The summed E-state index contributed by atoms with van der Waals surface area (Å²) in [6.07, 6.45) is 2.92. The number of benzene rings is 2. The predicted octanol–water partition coefficient (Wildman–Crippen LogP) is 2.99. The number of nitrogens with zero attached hydrogens (tertiary/aromatic N) is 2. The molecule has 4 rings (SSSR count). The van der Waals surface area contributed by atoms with Crippen LogP contribution in [-0.2, 0) is 9.59 Å². The summed E-state index contributed by atoms with van der Waals surface area (Å²) in [5.74, 6) is -1.24. The number of aromatic nitrogens is 1. The second-order valence-corrected chi connectivity index (χ2v) is 6.99. The van der Waals surface area contributed by atoms with E-state index in [-0.39, 0.29) is 22.9 Å². The summed E-state index contributed by atoms with van der Waals surface area (Å²) in [4.78, 5) is 51.3. The van der Waals surface area contributed by atoms with Gasteiger partial charge in [0, 0.05) is 30.1 Å². The van der Waals surface area contributed by atoms with E-state index >= 15 is 0 Å². The molecule has 1 aromatic heterocycles. The molecule has 0 atom stereocenters. The predicted molar refractivity (Wildman–Crippen MR) is 117 cm³/mol. The SMILES string of the molecule is COc1ccc(OC)c(N2C(=O)NC(=O)/C(=C/c3cn(C(C)=O)c4ccccc34)C2=O)c1. The van der Waals surface area contributed by atoms with Crippen molar-refractivity contribution in [3.63, 3.8) is 0 Å². The van der Waals surface area contributed by atoms with Gasteiger partial charge in [-0.1, -0.05) is 18.2 Å². The van der Waals surface area contributed by atoms with Crippen LogP contribution in [0.5, 0.6) is 11.5 Å². The number of hydrogen-bond acceptors (Lipinski definition) is 6. The molecule has 1 saturated heterocycles. The van der Waals surface area contributed by atoms with Crippen LogP contribution in [0, 0.1) is 0 Å². The first-order valence-electron chi connectivity index (χ1n) is 9.60. The van der Waals surface area contributed by atoms with Crippen LogP contribution in [0.15, 0.2) is 54.2 Å². The molecule has 9 heteroatoms. The smallest absolute Gasteiger partial charge is 0.336 e. The van der Waals surface area contributed by atoms with Crippen molar-refractivity contribution in [2.45, 2.75) is 6.92 Å². The summed E-state index contributed by atoms with van der Waals surface area (Å²) >= 11 is 0. The van der Waals surface area contributed by atoms with Crippen molar-refractivity contribution in [3.8, 4) is 11.5 Å². The number of rotatable bonds is 4. The largest absolute Gasteiger partial charge is 0.497 e. The highest BCUT2D eigenvalue weighted by molar-refractivity contribution is 6.39. The maximum Gasteiger partial charge on any atom is 0.336 e. The molecular weight excluding hydrogens is 414 g/mol. The van der Waals surface area contributed by atoms with Crippen LogP contribution in [0.2, 0.25) is 0 Å². The van der Waals surface area contributed by atoms with Gasteiger partial charge >= 0.3 is 6.03 Å². The third kappa shape index (κ3) is 3.39. The molecule has 1 fully saturated rings. The van der Waals surface area contributed by atoms with Crippen molar-refractivity contribution >= 4 is 46.4 Å². The van der Waals surface area contributed by atoms with Gasteiger partial charge in [-0.15, -0.1) is 0 Å². The molecule has 0 unspecified atom stereocenters. The Hall–Kier alpha value is -4.40. The summed E-state index contributed by atoms with van der Waals surface area (Å²) in [5, 5.41) is 2.86. The van der Waals surface area contributed by atoms with Crippen LogP contribution in [0.3, 0.4) is 0 Å². The van der Waals surface area contributed by atoms with Crippen LogP contribution in [0.4, 0.5) is 10.5 Å². The lowest BCUT2D eigenvalue weighted by molar-refractivity contribution is -0.122. The lowest BCUT2D eigenvalue weighted by atomic mass is 10.1. The number of methoxy groups -OCH3 is 2. The fourth-order valence-electron chi connectivity index (χ4n) is 3.58. The molecule has 2 aromatic carbocycles. The Bertz CT molecular complexity index is 1320. The van der Waals surface area contributed by atoms with E-state index in [0.29, 0.717) is 22.2 Å². The van der Waals surface area contributed by atoms with Gasteiger partial charge in [0.1, 0.15) is 17.1 Å². The number of para-hydroxylation sites is 1. The Labute approximate surface area is 182 Å². The fraction of sp³-hybridized carbons (Fsp3) is 0.130. The Morgan fingerprint density at radius 2 is 1.78 bits per heavy atom. The van der Waals surface area contributed by atoms with Crippen molar-refractivity contribution in [1.29, 1.82) is 0 Å². The molecule has 1 aliphatic rings. The molecule has 4 amide bonds. The first-order valence-corrected chi connectivity index (χ1v) is 9.60. The molecule has 1 N–H and O–H groups in total. The highest BCUT2D eigenvalue weighted by Gasteiger charge is 2.38. The zero-order valence-electron chi connectivity index (χ0n) is 17.5. The van der Waals surface area contributed by atoms with Gasteiger partial charge in [0.25, 0.3) is 11.8 Å². The van der Waals surface area contributed by atoms with Crippen LogP contribution < -0.4 is 19.7 Å². The number of barbiturate groups is 1. The third-order valence-corrected chi connectivity index (χ3v) is 5.11. The molecule has 162 valence electrons. The van der Waals surface area contributed by atoms with Crippen LogP contribution in [-0.4, -0.2) is 42.5 Å². The van der Waals surface area contributed by atoms with Gasteiger partial charge in [0.2, 0.25) is 5.91 Å². The molecule has 2 heterocycles. The van der Waals surface area contributed by atoms with Gasteiger partial charge in [-0.05, 0) is 24.3 Å². The molecule has 0 bridgehead atoms. The second-order valence-electron chi connectivity index (χ2n) is 6.99. The molecule has 1 aliphatic heterocycles. The van der Waals surface area contributed by atoms with E-state index in [1.807, 2.05) is 0 Å². The number of carbonyl (C=O) groups excluding carboxylic acids is 4. The number of urea groups is 1. The summed E-state index contributed by atoms with van der Waals surface area (Å²) in [6, 6.07) is 10.8. The summed E-state index contributed by atoms with van der Waals surface area (Å²) < 4.78 is 11.9. The monoisotopic (exact) mass is 433 g/mol. The standard InChI is InChI=1S/C23H19N3O6/c1-13(27)25-12-14(16-6-4-5-7-18(16)25)10-17-21(28)24-23(30)26(22(17)29)19-11-15(31-2)8-9-20(19)32-3/h4-12H,1-3H3,(H,24,28,30)/b17-10-. The minimum atomic E-state index is -0.908. The first kappa shape index (κ1) is 20.9. The second kappa shape index (κ2) is 8.03. The fourth-order valence-corrected chi connectivity index (χ4v) is 3.58. The van der Waals surface area contributed by atoms with Crippen molar-refractivity contribution < 1.29 is 28.7 Å². The third-order valence-electron chi connectivity index (χ3n) is 5.11. The number of nitrogens with one attached hydrogen (secondary N) is 1. The summed E-state index contributed by atoms with van der Waals surface area (Å²) in [6.45, 7) is 1.41. The van der Waals surface area contributed by atoms with Gasteiger partial charge in [0.05, 0.1) is 25.4 Å².